The van der Waals surface area contributed by atoms with Gasteiger partial charge in [-0.2, -0.15) is 0 Å². The molecule has 280 valence electrons. The van der Waals surface area contributed by atoms with E-state index in [1.165, 1.54) is 0 Å². The first-order valence-corrected chi connectivity index (χ1v) is 20.2. The van der Waals surface area contributed by atoms with Crippen molar-refractivity contribution in [2.45, 2.75) is 0 Å². The molecule has 3 aromatic heterocycles. The monoisotopic (exact) mass is 792 g/mol. The van der Waals surface area contributed by atoms with Gasteiger partial charge in [0.15, 0.2) is 17.5 Å². The maximum Gasteiger partial charge on any atom is 0.164 e. The number of nitrogens with zero attached hydrogens (tertiary/aromatic N) is 3. The zero-order valence-electron chi connectivity index (χ0n) is 40.5. The lowest BCUT2D eigenvalue weighted by atomic mass is 9.95. The van der Waals surface area contributed by atoms with E-state index in [4.69, 9.17) is 30.3 Å². The first-order chi connectivity index (χ1) is 33.5. The van der Waals surface area contributed by atoms with Gasteiger partial charge in [-0.05, 0) is 75.1 Å². The third-order valence-corrected chi connectivity index (χ3v) is 12.0. The third kappa shape index (κ3) is 5.78. The molecule has 0 unspecified atom stereocenters. The smallest absolute Gasteiger partial charge is 0.164 e. The van der Waals surface area contributed by atoms with Gasteiger partial charge in [-0.25, -0.2) is 15.0 Å². The fraction of sp³-hybridized carbons (Fsp3) is 0. The Morgan fingerprint density at radius 1 is 0.400 bits per heavy atom. The van der Waals surface area contributed by atoms with Crippen LogP contribution in [-0.2, 0) is 0 Å². The lowest BCUT2D eigenvalue weighted by Crippen LogP contribution is -2.00. The predicted molar refractivity (Wildman–Crippen MR) is 250 cm³/mol. The van der Waals surface area contributed by atoms with Gasteiger partial charge in [0.2, 0.25) is 0 Å². The molecular formula is C55H33N3OS. The second kappa shape index (κ2) is 14.0. The highest BCUT2D eigenvalue weighted by atomic mass is 32.1. The second-order valence-corrected chi connectivity index (χ2v) is 15.5. The lowest BCUT2D eigenvalue weighted by Gasteiger charge is -2.11. The Hall–Kier alpha value is -7.73. The minimum atomic E-state index is -0.464. The van der Waals surface area contributed by atoms with Crippen molar-refractivity contribution in [3.8, 4) is 67.5 Å². The molecule has 0 saturated heterocycles. The average Bonchev–Trinajstić information content (AvgIpc) is 3.99. The average molecular weight is 793 g/mol. The molecule has 0 N–H and O–H groups in total. The summed E-state index contributed by atoms with van der Waals surface area (Å²) in [5.74, 6) is 1.20. The number of thiophene rings is 1. The Balaban J connectivity index is 1.05. The topological polar surface area (TPSA) is 51.8 Å². The zero-order valence-corrected chi connectivity index (χ0v) is 32.3. The van der Waals surface area contributed by atoms with Crippen molar-refractivity contribution in [2.24, 2.45) is 0 Å². The van der Waals surface area contributed by atoms with Gasteiger partial charge in [-0.3, -0.25) is 0 Å². The summed E-state index contributed by atoms with van der Waals surface area (Å²) in [5.41, 5.74) is 8.34. The SMILES string of the molecule is [2H]c1c([2H])c([2H])c2c(sc3c4c([2H])c([2H])c([2H])c([2H])c4c(-c4ccc(-c5nc(-c6cccc(-c7ccccc7)c6)nc(-c6ccc7c(c6)oc6cccc(-c8ccccc8)c67)n5)cc4)c([2H])c32)c1[2H]. The number of fused-ring (bicyclic) bond motifs is 8. The van der Waals surface area contributed by atoms with Crippen LogP contribution in [0.15, 0.2) is 204 Å². The molecule has 0 bridgehead atoms. The quantitative estimate of drug-likeness (QED) is 0.168. The van der Waals surface area contributed by atoms with Crippen LogP contribution in [0.2, 0.25) is 0 Å². The van der Waals surface area contributed by atoms with Crippen LogP contribution in [0.3, 0.4) is 0 Å². The van der Waals surface area contributed by atoms with E-state index in [2.05, 4.69) is 18.2 Å². The molecule has 0 aliphatic rings. The van der Waals surface area contributed by atoms with Gasteiger partial charge in [0.1, 0.15) is 11.2 Å². The fourth-order valence-corrected chi connectivity index (χ4v) is 9.10. The second-order valence-electron chi connectivity index (χ2n) is 14.4. The summed E-state index contributed by atoms with van der Waals surface area (Å²) < 4.78 is 86.5. The Bertz CT molecular complexity index is 4120. The molecule has 0 amide bonds. The third-order valence-electron chi connectivity index (χ3n) is 10.9. The summed E-state index contributed by atoms with van der Waals surface area (Å²) in [7, 11) is 0. The molecule has 12 rings (SSSR count). The number of benzene rings is 9. The van der Waals surface area contributed by atoms with Crippen LogP contribution >= 0.6 is 11.3 Å². The Morgan fingerprint density at radius 2 is 0.983 bits per heavy atom. The van der Waals surface area contributed by atoms with E-state index in [-0.39, 0.29) is 62.0 Å². The van der Waals surface area contributed by atoms with Gasteiger partial charge in [0, 0.05) is 53.0 Å². The van der Waals surface area contributed by atoms with Gasteiger partial charge in [0.05, 0.1) is 12.3 Å². The van der Waals surface area contributed by atoms with E-state index in [9.17, 15) is 1.37 Å². The summed E-state index contributed by atoms with van der Waals surface area (Å²) in [6, 6.07) is 44.2. The van der Waals surface area contributed by atoms with Crippen LogP contribution in [-0.4, -0.2) is 15.0 Å². The Kier molecular flexibility index (Phi) is 6.13. The number of rotatable bonds is 6. The van der Waals surface area contributed by atoms with E-state index in [1.807, 2.05) is 103 Å². The van der Waals surface area contributed by atoms with E-state index in [0.717, 1.165) is 55.5 Å². The maximum absolute atomic E-state index is 9.69. The van der Waals surface area contributed by atoms with E-state index in [0.29, 0.717) is 44.4 Å². The van der Waals surface area contributed by atoms with Crippen molar-refractivity contribution in [3.05, 3.63) is 200 Å². The molecule has 0 fully saturated rings. The summed E-state index contributed by atoms with van der Waals surface area (Å²) in [5, 5.41) is 2.56. The molecule has 0 atom stereocenters. The predicted octanol–water partition coefficient (Wildman–Crippen LogP) is 15.3. The maximum atomic E-state index is 9.69. The lowest BCUT2D eigenvalue weighted by molar-refractivity contribution is 0.669. The molecular weight excluding hydrogens is 751 g/mol. The number of aromatic nitrogens is 3. The molecule has 5 heteroatoms. The number of hydrogen-bond acceptors (Lipinski definition) is 5. The minimum absolute atomic E-state index is 0.118. The van der Waals surface area contributed by atoms with Crippen molar-refractivity contribution in [1.29, 1.82) is 0 Å². The van der Waals surface area contributed by atoms with Crippen molar-refractivity contribution >= 4 is 64.2 Å². The molecule has 0 aliphatic carbocycles. The summed E-state index contributed by atoms with van der Waals surface area (Å²) in [4.78, 5) is 15.2. The van der Waals surface area contributed by atoms with E-state index in [1.54, 1.807) is 24.3 Å². The minimum Gasteiger partial charge on any atom is -0.456 e. The van der Waals surface area contributed by atoms with Crippen LogP contribution in [0.4, 0.5) is 0 Å². The van der Waals surface area contributed by atoms with E-state index < -0.39 is 24.2 Å². The summed E-state index contributed by atoms with van der Waals surface area (Å²) in [6.07, 6.45) is 0. The Morgan fingerprint density at radius 3 is 1.77 bits per heavy atom. The molecule has 0 spiro atoms. The van der Waals surface area contributed by atoms with Crippen LogP contribution in [0.5, 0.6) is 0 Å². The van der Waals surface area contributed by atoms with E-state index >= 15 is 0 Å². The Labute approximate surface area is 362 Å². The highest BCUT2D eigenvalue weighted by Crippen LogP contribution is 2.43. The van der Waals surface area contributed by atoms with Gasteiger partial charge in [-0.1, -0.05) is 164 Å². The van der Waals surface area contributed by atoms with Gasteiger partial charge >= 0.3 is 0 Å². The van der Waals surface area contributed by atoms with Crippen molar-refractivity contribution in [2.75, 3.05) is 0 Å². The van der Waals surface area contributed by atoms with Crippen LogP contribution in [0.1, 0.15) is 12.3 Å². The molecule has 12 aromatic rings. The first-order valence-electron chi connectivity index (χ1n) is 23.9. The van der Waals surface area contributed by atoms with Gasteiger partial charge < -0.3 is 4.42 Å². The first kappa shape index (κ1) is 26.3. The molecule has 0 radical (unpaired) electrons. The van der Waals surface area contributed by atoms with Crippen molar-refractivity contribution in [1.82, 2.24) is 15.0 Å². The zero-order chi connectivity index (χ0) is 47.4. The largest absolute Gasteiger partial charge is 0.456 e. The molecule has 3 heterocycles. The molecule has 4 nitrogen and oxygen atoms in total. The van der Waals surface area contributed by atoms with Crippen molar-refractivity contribution in [3.63, 3.8) is 0 Å². The summed E-state index contributed by atoms with van der Waals surface area (Å²) in [6.45, 7) is 0. The molecule has 9 aromatic carbocycles. The molecule has 0 aliphatic heterocycles. The summed E-state index contributed by atoms with van der Waals surface area (Å²) >= 11 is 1.00. The van der Waals surface area contributed by atoms with Crippen LogP contribution in [0, 0.1) is 0 Å². The molecule has 60 heavy (non-hydrogen) atoms. The van der Waals surface area contributed by atoms with Crippen LogP contribution in [0.25, 0.3) is 120 Å². The number of furan rings is 1. The van der Waals surface area contributed by atoms with Crippen molar-refractivity contribution < 1.29 is 16.8 Å². The fourth-order valence-electron chi connectivity index (χ4n) is 8.03. The van der Waals surface area contributed by atoms with Crippen LogP contribution < -0.4 is 0 Å². The number of hydrogen-bond donors (Lipinski definition) is 0. The standard InChI is InChI=1S/C55H33N3OS/c1-3-13-34(14-4-1)38-17-11-18-39(31-38)54-56-53(57-55(58-54)40-29-30-45-49(32-40)59-48-23-12-22-41(51(45)48)35-15-5-2-6-16-35)37-27-25-36(26-28-37)46-33-47-43-20-9-10-24-50(43)60-52(47)44-21-8-7-19-42(44)46/h1-33H/i7D,8D,9D,10D,19D,20D,21D,24D,33D. The van der Waals surface area contributed by atoms with Gasteiger partial charge in [0.25, 0.3) is 0 Å². The highest BCUT2D eigenvalue weighted by Gasteiger charge is 2.18. The highest BCUT2D eigenvalue weighted by molar-refractivity contribution is 7.26. The molecule has 0 saturated carbocycles. The van der Waals surface area contributed by atoms with Gasteiger partial charge in [-0.15, -0.1) is 11.3 Å². The normalized spacial score (nSPS) is 13.8.